The van der Waals surface area contributed by atoms with E-state index in [0.717, 1.165) is 12.1 Å². The standard InChI is InChI=1S/C11H23N/c1-4-12(10(2)3)11-8-6-5-7-9-11/h10-11H,4-9H2,1-3H3. The topological polar surface area (TPSA) is 3.24 Å². The molecule has 1 fully saturated rings. The lowest BCUT2D eigenvalue weighted by molar-refractivity contribution is 0.128. The number of hydrogen-bond acceptors (Lipinski definition) is 1. The van der Waals surface area contributed by atoms with E-state index >= 15 is 0 Å². The molecule has 0 amide bonds. The van der Waals surface area contributed by atoms with E-state index < -0.39 is 0 Å². The zero-order valence-electron chi connectivity index (χ0n) is 8.84. The first-order chi connectivity index (χ1) is 5.75. The first kappa shape index (κ1) is 10.0. The Labute approximate surface area is 77.1 Å². The van der Waals surface area contributed by atoms with Gasteiger partial charge in [-0.3, -0.25) is 4.90 Å². The van der Waals surface area contributed by atoms with Crippen molar-refractivity contribution >= 4 is 0 Å². The van der Waals surface area contributed by atoms with Gasteiger partial charge >= 0.3 is 0 Å². The second-order valence-electron chi connectivity index (χ2n) is 4.22. The molecule has 0 saturated heterocycles. The van der Waals surface area contributed by atoms with Crippen LogP contribution in [0.15, 0.2) is 0 Å². The summed E-state index contributed by atoms with van der Waals surface area (Å²) in [6, 6.07) is 1.63. The van der Waals surface area contributed by atoms with E-state index in [9.17, 15) is 0 Å². The summed E-state index contributed by atoms with van der Waals surface area (Å²) in [7, 11) is 0. The molecule has 0 unspecified atom stereocenters. The quantitative estimate of drug-likeness (QED) is 0.627. The van der Waals surface area contributed by atoms with Crippen LogP contribution < -0.4 is 0 Å². The van der Waals surface area contributed by atoms with Crippen molar-refractivity contribution < 1.29 is 0 Å². The predicted molar refractivity (Wildman–Crippen MR) is 54.4 cm³/mol. The van der Waals surface area contributed by atoms with E-state index in [1.165, 1.54) is 38.6 Å². The number of nitrogens with zero attached hydrogens (tertiary/aromatic N) is 1. The summed E-state index contributed by atoms with van der Waals surface area (Å²) >= 11 is 0. The highest BCUT2D eigenvalue weighted by Gasteiger charge is 2.21. The Hall–Kier alpha value is -0.0400. The third kappa shape index (κ3) is 2.48. The highest BCUT2D eigenvalue weighted by molar-refractivity contribution is 4.76. The van der Waals surface area contributed by atoms with Gasteiger partial charge in [0.25, 0.3) is 0 Å². The van der Waals surface area contributed by atoms with Gasteiger partial charge in [0.2, 0.25) is 0 Å². The smallest absolute Gasteiger partial charge is 0.00978 e. The van der Waals surface area contributed by atoms with E-state index in [2.05, 4.69) is 25.7 Å². The maximum atomic E-state index is 2.65. The molecule has 1 aliphatic carbocycles. The third-order valence-corrected chi connectivity index (χ3v) is 3.07. The minimum absolute atomic E-state index is 0.734. The van der Waals surface area contributed by atoms with Gasteiger partial charge in [0.05, 0.1) is 0 Å². The van der Waals surface area contributed by atoms with Crippen LogP contribution in [0.2, 0.25) is 0 Å². The Morgan fingerprint density at radius 1 is 1.17 bits per heavy atom. The molecule has 0 radical (unpaired) electrons. The Morgan fingerprint density at radius 3 is 2.17 bits per heavy atom. The maximum Gasteiger partial charge on any atom is 0.00978 e. The molecule has 1 heteroatoms. The fourth-order valence-corrected chi connectivity index (χ4v) is 2.46. The highest BCUT2D eigenvalue weighted by Crippen LogP contribution is 2.23. The van der Waals surface area contributed by atoms with Crippen LogP contribution in [0, 0.1) is 0 Å². The third-order valence-electron chi connectivity index (χ3n) is 3.07. The Bertz CT molecular complexity index is 114. The number of hydrogen-bond donors (Lipinski definition) is 0. The molecular weight excluding hydrogens is 146 g/mol. The van der Waals surface area contributed by atoms with Crippen LogP contribution >= 0.6 is 0 Å². The largest absolute Gasteiger partial charge is 0.298 e. The fourth-order valence-electron chi connectivity index (χ4n) is 2.46. The van der Waals surface area contributed by atoms with Crippen molar-refractivity contribution in [1.29, 1.82) is 0 Å². The minimum atomic E-state index is 0.734. The summed E-state index contributed by atoms with van der Waals surface area (Å²) in [4.78, 5) is 2.65. The first-order valence-electron chi connectivity index (χ1n) is 5.51. The highest BCUT2D eigenvalue weighted by atomic mass is 15.2. The van der Waals surface area contributed by atoms with Crippen molar-refractivity contribution in [3.8, 4) is 0 Å². The fraction of sp³-hybridized carbons (Fsp3) is 1.00. The predicted octanol–water partition coefficient (Wildman–Crippen LogP) is 3.05. The average molecular weight is 169 g/mol. The van der Waals surface area contributed by atoms with E-state index in [1.807, 2.05) is 0 Å². The molecule has 0 aromatic rings. The van der Waals surface area contributed by atoms with Gasteiger partial charge < -0.3 is 0 Å². The van der Waals surface area contributed by atoms with E-state index in [1.54, 1.807) is 0 Å². The van der Waals surface area contributed by atoms with Gasteiger partial charge in [-0.1, -0.05) is 26.2 Å². The molecule has 1 saturated carbocycles. The molecule has 0 aromatic heterocycles. The van der Waals surface area contributed by atoms with Crippen LogP contribution in [-0.2, 0) is 0 Å². The van der Waals surface area contributed by atoms with Crippen LogP contribution in [0.5, 0.6) is 0 Å². The summed E-state index contributed by atoms with van der Waals surface area (Å²) in [5.41, 5.74) is 0. The second kappa shape index (κ2) is 4.86. The molecule has 1 aliphatic rings. The molecule has 0 aliphatic heterocycles. The molecule has 1 nitrogen and oxygen atoms in total. The van der Waals surface area contributed by atoms with Gasteiger partial charge in [0.1, 0.15) is 0 Å². The van der Waals surface area contributed by atoms with Crippen LogP contribution in [-0.4, -0.2) is 23.5 Å². The lowest BCUT2D eigenvalue weighted by atomic mass is 9.93. The molecular formula is C11H23N. The monoisotopic (exact) mass is 169 g/mol. The molecule has 0 heterocycles. The summed E-state index contributed by atoms with van der Waals surface area (Å²) in [6.07, 6.45) is 7.24. The van der Waals surface area contributed by atoms with Gasteiger partial charge in [0.15, 0.2) is 0 Å². The summed E-state index contributed by atoms with van der Waals surface area (Å²) < 4.78 is 0. The van der Waals surface area contributed by atoms with Crippen molar-refractivity contribution in [1.82, 2.24) is 4.90 Å². The summed E-state index contributed by atoms with van der Waals surface area (Å²) in [5, 5.41) is 0. The molecule has 0 aromatic carbocycles. The SMILES string of the molecule is CCN(C(C)C)C1CCCCC1. The van der Waals surface area contributed by atoms with Gasteiger partial charge in [-0.15, -0.1) is 0 Å². The molecule has 0 bridgehead atoms. The molecule has 1 rings (SSSR count). The van der Waals surface area contributed by atoms with Gasteiger partial charge in [-0.2, -0.15) is 0 Å². The normalized spacial score (nSPS) is 20.8. The molecule has 0 N–H and O–H groups in total. The Morgan fingerprint density at radius 2 is 1.75 bits per heavy atom. The summed E-state index contributed by atoms with van der Waals surface area (Å²) in [5.74, 6) is 0. The van der Waals surface area contributed by atoms with Crippen LogP contribution in [0.4, 0.5) is 0 Å². The Kier molecular flexibility index (Phi) is 4.07. The van der Waals surface area contributed by atoms with Gasteiger partial charge in [0, 0.05) is 12.1 Å². The van der Waals surface area contributed by atoms with Crippen molar-refractivity contribution in [2.75, 3.05) is 6.54 Å². The van der Waals surface area contributed by atoms with E-state index in [0.29, 0.717) is 0 Å². The van der Waals surface area contributed by atoms with E-state index in [-0.39, 0.29) is 0 Å². The Balaban J connectivity index is 2.40. The zero-order chi connectivity index (χ0) is 8.97. The lowest BCUT2D eigenvalue weighted by Gasteiger charge is -2.36. The van der Waals surface area contributed by atoms with Gasteiger partial charge in [-0.25, -0.2) is 0 Å². The average Bonchev–Trinajstić information content (AvgIpc) is 2.07. The lowest BCUT2D eigenvalue weighted by Crippen LogP contribution is -2.41. The molecule has 72 valence electrons. The van der Waals surface area contributed by atoms with Crippen molar-refractivity contribution in [2.45, 2.75) is 65.0 Å². The molecule has 0 spiro atoms. The minimum Gasteiger partial charge on any atom is -0.298 e. The van der Waals surface area contributed by atoms with Crippen molar-refractivity contribution in [3.05, 3.63) is 0 Å². The molecule has 0 atom stereocenters. The van der Waals surface area contributed by atoms with Crippen LogP contribution in [0.25, 0.3) is 0 Å². The maximum absolute atomic E-state index is 2.65. The summed E-state index contributed by atoms with van der Waals surface area (Å²) in [6.45, 7) is 8.15. The van der Waals surface area contributed by atoms with Crippen molar-refractivity contribution in [3.63, 3.8) is 0 Å². The van der Waals surface area contributed by atoms with Crippen LogP contribution in [0.1, 0.15) is 52.9 Å². The number of rotatable bonds is 3. The van der Waals surface area contributed by atoms with E-state index in [4.69, 9.17) is 0 Å². The first-order valence-corrected chi connectivity index (χ1v) is 5.51. The second-order valence-corrected chi connectivity index (χ2v) is 4.22. The van der Waals surface area contributed by atoms with Gasteiger partial charge in [-0.05, 0) is 33.2 Å². The van der Waals surface area contributed by atoms with Crippen LogP contribution in [0.3, 0.4) is 0 Å². The molecule has 12 heavy (non-hydrogen) atoms. The zero-order valence-corrected chi connectivity index (χ0v) is 8.84. The van der Waals surface area contributed by atoms with Crippen molar-refractivity contribution in [2.24, 2.45) is 0 Å².